The van der Waals surface area contributed by atoms with Crippen LogP contribution < -0.4 is 5.32 Å². The number of carbonyl (C=O) groups is 1. The van der Waals surface area contributed by atoms with Gasteiger partial charge in [0, 0.05) is 29.7 Å². The Labute approximate surface area is 281 Å². The summed E-state index contributed by atoms with van der Waals surface area (Å²) in [7, 11) is -7.17. The normalized spacial score (nSPS) is 20.4. The number of aromatic hydroxyl groups is 1. The summed E-state index contributed by atoms with van der Waals surface area (Å²) in [6.45, 7) is 6.06. The molecule has 2 saturated heterocycles. The molecule has 4 unspecified atom stereocenters. The highest BCUT2D eigenvalue weighted by atomic mass is 32.3. The van der Waals surface area contributed by atoms with Crippen molar-refractivity contribution in [2.45, 2.75) is 88.8 Å². The highest BCUT2D eigenvalue weighted by molar-refractivity contribution is 7.80. The molecular formula is C30H48N2O14S2. The van der Waals surface area contributed by atoms with Crippen LogP contribution in [0.3, 0.4) is 0 Å². The average molecular weight is 725 g/mol. The Hall–Kier alpha value is -2.75. The molecule has 0 saturated carbocycles. The quantitative estimate of drug-likeness (QED) is 0.139. The third kappa shape index (κ3) is 18.1. The molecule has 0 amide bonds. The lowest BCUT2D eigenvalue weighted by atomic mass is 9.98. The summed E-state index contributed by atoms with van der Waals surface area (Å²) in [5.74, 6) is -0.812. The number of benzene rings is 2. The van der Waals surface area contributed by atoms with E-state index < -0.39 is 32.8 Å². The van der Waals surface area contributed by atoms with Crippen LogP contribution in [0.5, 0.6) is 5.75 Å². The molecule has 9 N–H and O–H groups in total. The molecule has 48 heavy (non-hydrogen) atoms. The molecule has 0 aromatic heterocycles. The van der Waals surface area contributed by atoms with Gasteiger partial charge in [-0.1, -0.05) is 36.4 Å². The van der Waals surface area contributed by atoms with E-state index in [4.69, 9.17) is 44.9 Å². The Morgan fingerprint density at radius 3 is 1.85 bits per heavy atom. The van der Waals surface area contributed by atoms with Crippen LogP contribution in [0.1, 0.15) is 75.2 Å². The first-order valence-corrected chi connectivity index (χ1v) is 17.7. The summed E-state index contributed by atoms with van der Waals surface area (Å²) in [6.07, 6.45) is 3.61. The van der Waals surface area contributed by atoms with Crippen molar-refractivity contribution in [3.8, 4) is 5.75 Å². The maximum atomic E-state index is 12.4. The van der Waals surface area contributed by atoms with Gasteiger partial charge in [0.1, 0.15) is 17.8 Å². The highest BCUT2D eigenvalue weighted by Gasteiger charge is 2.40. The van der Waals surface area contributed by atoms with Crippen LogP contribution >= 0.6 is 0 Å². The molecule has 2 aromatic rings. The number of aliphatic hydroxyl groups excluding tert-OH is 3. The molecule has 16 nitrogen and oxygen atoms in total. The fourth-order valence-electron chi connectivity index (χ4n) is 5.17. The molecule has 2 aromatic carbocycles. The lowest BCUT2D eigenvalue weighted by Gasteiger charge is -2.36. The largest absolute Gasteiger partial charge is 0.508 e. The number of hydrogen-bond acceptors (Lipinski definition) is 12. The van der Waals surface area contributed by atoms with Gasteiger partial charge in [0.05, 0.1) is 19.3 Å². The number of carbonyl (C=O) groups excluding carboxylic acids is 1. The molecule has 4 rings (SSSR count). The van der Waals surface area contributed by atoms with E-state index in [1.807, 2.05) is 51.1 Å². The topological polar surface area (TPSA) is 272 Å². The summed E-state index contributed by atoms with van der Waals surface area (Å²) < 4.78 is 68.9. The molecule has 2 heterocycles. The summed E-state index contributed by atoms with van der Waals surface area (Å²) in [6, 6.07) is 15.2. The SMILES string of the molecule is CC(C)(C)NCC(O)c1ccc(O)c(CO)c1.CN1C2CCC1CC(OC(=O)C(CO)c1ccccc1)C2.O=S(=O)(O)O.O=S(=O)(O)O. The van der Waals surface area contributed by atoms with Gasteiger partial charge in [-0.05, 0) is 76.8 Å². The predicted octanol–water partition coefficient (Wildman–Crippen LogP) is 1.93. The standard InChI is InChI=1S/C17H23NO3.C13H21NO3.2H2O4S/c1-18-13-7-8-14(18)10-15(9-13)21-17(20)16(11-19)12-5-3-2-4-6-12;1-13(2,3)14-7-12(17)9-4-5-11(16)10(6-9)8-15;2*1-5(2,3)4/h2-6,13-16,19H,7-11H2,1H3;4-6,12,14-17H,7-8H2,1-3H3;2*(H2,1,2,3,4). The second kappa shape index (κ2) is 19.4. The minimum Gasteiger partial charge on any atom is -0.508 e. The van der Waals surface area contributed by atoms with Gasteiger partial charge in [-0.2, -0.15) is 16.8 Å². The third-order valence-electron chi connectivity index (χ3n) is 7.49. The number of hydrogen-bond donors (Lipinski definition) is 9. The Kier molecular flexibility index (Phi) is 17.5. The summed E-state index contributed by atoms with van der Waals surface area (Å²) in [5, 5.41) is 41.1. The van der Waals surface area contributed by atoms with Crippen LogP contribution in [0.4, 0.5) is 0 Å². The second-order valence-electron chi connectivity index (χ2n) is 12.3. The summed E-state index contributed by atoms with van der Waals surface area (Å²) in [4.78, 5) is 14.8. The fraction of sp³-hybridized carbons (Fsp3) is 0.567. The molecule has 2 bridgehead atoms. The number of phenols is 1. The van der Waals surface area contributed by atoms with Crippen LogP contribution in [0.15, 0.2) is 48.5 Å². The first-order valence-electron chi connectivity index (χ1n) is 14.9. The molecule has 2 aliphatic heterocycles. The van der Waals surface area contributed by atoms with E-state index in [1.165, 1.54) is 18.9 Å². The predicted molar refractivity (Wildman–Crippen MR) is 175 cm³/mol. The first kappa shape index (κ1) is 43.3. The maximum Gasteiger partial charge on any atom is 0.394 e. The van der Waals surface area contributed by atoms with Crippen molar-refractivity contribution < 1.29 is 65.0 Å². The second-order valence-corrected chi connectivity index (χ2v) is 14.1. The molecule has 4 atom stereocenters. The molecule has 0 spiro atoms. The summed E-state index contributed by atoms with van der Waals surface area (Å²) in [5.41, 5.74) is 1.87. The van der Waals surface area contributed by atoms with E-state index in [-0.39, 0.29) is 36.6 Å². The van der Waals surface area contributed by atoms with Crippen molar-refractivity contribution >= 4 is 26.8 Å². The molecule has 274 valence electrons. The van der Waals surface area contributed by atoms with Crippen LogP contribution in [0.25, 0.3) is 0 Å². The van der Waals surface area contributed by atoms with E-state index in [2.05, 4.69) is 17.3 Å². The molecule has 18 heteroatoms. The number of fused-ring (bicyclic) bond motifs is 2. The Bertz CT molecular complexity index is 1420. The van der Waals surface area contributed by atoms with E-state index in [0.717, 1.165) is 18.4 Å². The van der Waals surface area contributed by atoms with Gasteiger partial charge < -0.3 is 35.4 Å². The van der Waals surface area contributed by atoms with E-state index >= 15 is 0 Å². The smallest absolute Gasteiger partial charge is 0.394 e. The zero-order valence-corrected chi connectivity index (χ0v) is 28.9. The van der Waals surface area contributed by atoms with Gasteiger partial charge >= 0.3 is 26.8 Å². The number of esters is 1. The van der Waals surface area contributed by atoms with Crippen LogP contribution in [-0.4, -0.2) is 110 Å². The summed E-state index contributed by atoms with van der Waals surface area (Å²) >= 11 is 0. The van der Waals surface area contributed by atoms with Gasteiger partial charge in [-0.25, -0.2) is 0 Å². The van der Waals surface area contributed by atoms with E-state index in [9.17, 15) is 20.1 Å². The van der Waals surface area contributed by atoms with Crippen LogP contribution in [0, 0.1) is 0 Å². The molecular weight excluding hydrogens is 676 g/mol. The maximum absolute atomic E-state index is 12.4. The zero-order chi connectivity index (χ0) is 36.9. The van der Waals surface area contributed by atoms with Gasteiger partial charge in [0.2, 0.25) is 0 Å². The first-order chi connectivity index (χ1) is 22.0. The van der Waals surface area contributed by atoms with Crippen molar-refractivity contribution in [3.63, 3.8) is 0 Å². The fourth-order valence-corrected chi connectivity index (χ4v) is 5.17. The number of piperidine rings is 1. The van der Waals surface area contributed by atoms with Gasteiger partial charge in [0.25, 0.3) is 0 Å². The molecule has 0 aliphatic carbocycles. The van der Waals surface area contributed by atoms with E-state index in [0.29, 0.717) is 29.8 Å². The Balaban J connectivity index is 0.000000381. The number of aliphatic hydroxyl groups is 3. The number of ether oxygens (including phenoxy) is 1. The lowest BCUT2D eigenvalue weighted by Crippen LogP contribution is -2.43. The minimum atomic E-state index is -4.67. The number of nitrogens with one attached hydrogen (secondary N) is 1. The van der Waals surface area contributed by atoms with Crippen molar-refractivity contribution in [1.82, 2.24) is 10.2 Å². The Morgan fingerprint density at radius 1 is 0.917 bits per heavy atom. The van der Waals surface area contributed by atoms with Gasteiger partial charge in [0.15, 0.2) is 0 Å². The van der Waals surface area contributed by atoms with Crippen LogP contribution in [0.2, 0.25) is 0 Å². The molecule has 2 aliphatic rings. The molecule has 2 fully saturated rings. The average Bonchev–Trinajstić information content (AvgIpc) is 3.15. The lowest BCUT2D eigenvalue weighted by molar-refractivity contribution is -0.155. The Morgan fingerprint density at radius 2 is 1.42 bits per heavy atom. The van der Waals surface area contributed by atoms with Gasteiger partial charge in [-0.15, -0.1) is 0 Å². The molecule has 0 radical (unpaired) electrons. The minimum absolute atomic E-state index is 0.00367. The van der Waals surface area contributed by atoms with Crippen molar-refractivity contribution in [2.75, 3.05) is 20.2 Å². The van der Waals surface area contributed by atoms with Crippen molar-refractivity contribution in [3.05, 3.63) is 65.2 Å². The van der Waals surface area contributed by atoms with Crippen molar-refractivity contribution in [1.29, 1.82) is 0 Å². The zero-order valence-electron chi connectivity index (χ0n) is 27.2. The number of β-amino-alcohol motifs (C(OH)–C–C–N with tert-alkyl or cyclic N) is 1. The highest BCUT2D eigenvalue weighted by Crippen LogP contribution is 2.36. The van der Waals surface area contributed by atoms with Crippen molar-refractivity contribution in [2.24, 2.45) is 0 Å². The van der Waals surface area contributed by atoms with Gasteiger partial charge in [-0.3, -0.25) is 23.0 Å². The van der Waals surface area contributed by atoms with Crippen LogP contribution in [-0.2, 0) is 36.9 Å². The monoisotopic (exact) mass is 724 g/mol. The van der Waals surface area contributed by atoms with E-state index in [1.54, 1.807) is 12.1 Å². The number of rotatable bonds is 8. The third-order valence-corrected chi connectivity index (χ3v) is 7.49. The number of nitrogens with zero attached hydrogens (tertiary/aromatic N) is 1.